The largest absolute Gasteiger partial charge is 0.352 e. The van der Waals surface area contributed by atoms with E-state index < -0.39 is 0 Å². The van der Waals surface area contributed by atoms with Crippen molar-refractivity contribution in [3.8, 4) is 0 Å². The zero-order chi connectivity index (χ0) is 18.1. The van der Waals surface area contributed by atoms with Crippen LogP contribution in [0.1, 0.15) is 54.4 Å². The highest BCUT2D eigenvalue weighted by Gasteiger charge is 2.54. The lowest BCUT2D eigenvalue weighted by Gasteiger charge is -2.55. The van der Waals surface area contributed by atoms with Gasteiger partial charge in [-0.25, -0.2) is 0 Å². The quantitative estimate of drug-likeness (QED) is 0.731. The molecule has 0 unspecified atom stereocenters. The molecule has 140 valence electrons. The topological polar surface area (TPSA) is 84.2 Å². The first-order chi connectivity index (χ1) is 12.6. The molecule has 4 aliphatic carbocycles. The van der Waals surface area contributed by atoms with E-state index in [2.05, 4.69) is 10.6 Å². The molecule has 5 rings (SSSR count). The van der Waals surface area contributed by atoms with Crippen molar-refractivity contribution in [1.29, 1.82) is 0 Å². The van der Waals surface area contributed by atoms with Crippen LogP contribution in [0.5, 0.6) is 0 Å². The number of hydrogen-bond donors (Lipinski definition) is 3. The predicted octanol–water partition coefficient (Wildman–Crippen LogP) is 2.21. The van der Waals surface area contributed by atoms with Gasteiger partial charge in [-0.3, -0.25) is 9.59 Å². The maximum atomic E-state index is 13.0. The molecule has 0 radical (unpaired) electrons. The molecule has 0 spiro atoms. The number of nitrogens with two attached hydrogens (primary N) is 1. The van der Waals surface area contributed by atoms with Crippen molar-refractivity contribution in [3.63, 3.8) is 0 Å². The lowest BCUT2D eigenvalue weighted by atomic mass is 9.49. The van der Waals surface area contributed by atoms with Gasteiger partial charge in [0.2, 0.25) is 5.91 Å². The zero-order valence-electron chi connectivity index (χ0n) is 15.3. The second kappa shape index (κ2) is 7.03. The Hall–Kier alpha value is -1.88. The van der Waals surface area contributed by atoms with Gasteiger partial charge in [0.25, 0.3) is 5.91 Å². The van der Waals surface area contributed by atoms with Crippen LogP contribution < -0.4 is 16.4 Å². The van der Waals surface area contributed by atoms with Gasteiger partial charge in [0.15, 0.2) is 0 Å². The number of carbonyl (C=O) groups is 2. The Morgan fingerprint density at radius 2 is 1.54 bits per heavy atom. The Morgan fingerprint density at radius 1 is 0.962 bits per heavy atom. The summed E-state index contributed by atoms with van der Waals surface area (Å²) < 4.78 is 0. The van der Waals surface area contributed by atoms with Crippen molar-refractivity contribution in [1.82, 2.24) is 10.6 Å². The molecule has 4 aliphatic rings. The van der Waals surface area contributed by atoms with E-state index >= 15 is 0 Å². The third-order valence-electron chi connectivity index (χ3n) is 6.62. The molecule has 4 bridgehead atoms. The van der Waals surface area contributed by atoms with Crippen LogP contribution in [0.15, 0.2) is 24.3 Å². The van der Waals surface area contributed by atoms with Gasteiger partial charge < -0.3 is 16.4 Å². The summed E-state index contributed by atoms with van der Waals surface area (Å²) in [7, 11) is 0. The van der Waals surface area contributed by atoms with Crippen molar-refractivity contribution in [3.05, 3.63) is 35.4 Å². The van der Waals surface area contributed by atoms with E-state index in [1.807, 2.05) is 12.1 Å². The van der Waals surface area contributed by atoms with Gasteiger partial charge in [-0.15, -0.1) is 0 Å². The number of benzene rings is 1. The highest BCUT2D eigenvalue weighted by atomic mass is 16.2. The molecule has 0 aliphatic heterocycles. The van der Waals surface area contributed by atoms with Gasteiger partial charge in [-0.1, -0.05) is 12.1 Å². The Balaban J connectivity index is 1.34. The van der Waals surface area contributed by atoms with Crippen LogP contribution in [-0.2, 0) is 11.3 Å². The van der Waals surface area contributed by atoms with Crippen molar-refractivity contribution in [2.45, 2.75) is 45.1 Å². The average Bonchev–Trinajstić information content (AvgIpc) is 2.63. The first-order valence-electron chi connectivity index (χ1n) is 9.93. The molecule has 4 fully saturated rings. The molecule has 26 heavy (non-hydrogen) atoms. The minimum absolute atomic E-state index is 0.100. The smallest absolute Gasteiger partial charge is 0.251 e. The molecular formula is C21H29N3O2. The maximum absolute atomic E-state index is 13.0. The van der Waals surface area contributed by atoms with Gasteiger partial charge in [0.1, 0.15) is 0 Å². The molecule has 5 nitrogen and oxygen atoms in total. The number of rotatable bonds is 6. The van der Waals surface area contributed by atoms with E-state index in [-0.39, 0.29) is 17.2 Å². The van der Waals surface area contributed by atoms with Crippen LogP contribution >= 0.6 is 0 Å². The minimum Gasteiger partial charge on any atom is -0.352 e. The molecule has 4 N–H and O–H groups in total. The van der Waals surface area contributed by atoms with E-state index in [0.717, 1.165) is 42.6 Å². The highest BCUT2D eigenvalue weighted by Crippen LogP contribution is 2.60. The van der Waals surface area contributed by atoms with Crippen LogP contribution in [-0.4, -0.2) is 24.9 Å². The lowest BCUT2D eigenvalue weighted by molar-refractivity contribution is -0.146. The molecular weight excluding hydrogens is 326 g/mol. The van der Waals surface area contributed by atoms with Crippen molar-refractivity contribution in [2.75, 3.05) is 13.1 Å². The second-order valence-electron chi connectivity index (χ2n) is 8.62. The molecule has 4 saturated carbocycles. The number of nitrogens with one attached hydrogen (secondary N) is 2. The summed E-state index contributed by atoms with van der Waals surface area (Å²) in [6.45, 7) is 1.44. The van der Waals surface area contributed by atoms with Crippen LogP contribution in [0.25, 0.3) is 0 Å². The van der Waals surface area contributed by atoms with Gasteiger partial charge in [0.05, 0.1) is 0 Å². The average molecular weight is 355 g/mol. The summed E-state index contributed by atoms with van der Waals surface area (Å²) >= 11 is 0. The van der Waals surface area contributed by atoms with Crippen LogP contribution in [0.2, 0.25) is 0 Å². The van der Waals surface area contributed by atoms with Gasteiger partial charge in [0, 0.05) is 30.6 Å². The monoisotopic (exact) mass is 355 g/mol. The second-order valence-corrected chi connectivity index (χ2v) is 8.62. The summed E-state index contributed by atoms with van der Waals surface area (Å²) in [6.07, 6.45) is 7.31. The maximum Gasteiger partial charge on any atom is 0.251 e. The Labute approximate surface area is 155 Å². The number of carbonyl (C=O) groups excluding carboxylic acids is 2. The van der Waals surface area contributed by atoms with E-state index in [0.29, 0.717) is 25.2 Å². The normalized spacial score (nSPS) is 31.7. The summed E-state index contributed by atoms with van der Waals surface area (Å²) in [5.41, 5.74) is 6.95. The fourth-order valence-corrected chi connectivity index (χ4v) is 5.82. The highest BCUT2D eigenvalue weighted by molar-refractivity contribution is 5.94. The van der Waals surface area contributed by atoms with E-state index in [1.165, 1.54) is 19.3 Å². The fourth-order valence-electron chi connectivity index (χ4n) is 5.82. The molecule has 5 heteroatoms. The summed E-state index contributed by atoms with van der Waals surface area (Å²) in [5, 5.41) is 5.94. The first kappa shape index (κ1) is 17.5. The van der Waals surface area contributed by atoms with Crippen molar-refractivity contribution < 1.29 is 9.59 Å². The molecule has 0 heterocycles. The molecule has 1 aromatic rings. The Bertz CT molecular complexity index is 648. The molecule has 0 atom stereocenters. The Morgan fingerprint density at radius 3 is 2.08 bits per heavy atom. The zero-order valence-corrected chi connectivity index (χ0v) is 15.3. The van der Waals surface area contributed by atoms with E-state index in [9.17, 15) is 9.59 Å². The van der Waals surface area contributed by atoms with Gasteiger partial charge in [-0.05, 0) is 74.0 Å². The molecule has 1 aromatic carbocycles. The lowest BCUT2D eigenvalue weighted by Crippen LogP contribution is -2.53. The van der Waals surface area contributed by atoms with Crippen LogP contribution in [0.3, 0.4) is 0 Å². The number of amides is 2. The fraction of sp³-hybridized carbons (Fsp3) is 0.619. The summed E-state index contributed by atoms with van der Waals surface area (Å²) in [4.78, 5) is 24.9. The van der Waals surface area contributed by atoms with Gasteiger partial charge >= 0.3 is 0 Å². The van der Waals surface area contributed by atoms with E-state index in [1.54, 1.807) is 12.1 Å². The minimum atomic E-state index is -0.111. The third-order valence-corrected chi connectivity index (χ3v) is 6.62. The van der Waals surface area contributed by atoms with Crippen molar-refractivity contribution in [2.24, 2.45) is 28.9 Å². The van der Waals surface area contributed by atoms with Crippen LogP contribution in [0.4, 0.5) is 0 Å². The summed E-state index contributed by atoms with van der Waals surface area (Å²) in [5.74, 6) is 2.47. The number of hydrogen-bond acceptors (Lipinski definition) is 3. The van der Waals surface area contributed by atoms with Crippen molar-refractivity contribution >= 4 is 11.8 Å². The SMILES string of the molecule is NCCNC(=O)c1ccc(CNC(=O)C23CC4CC(CC(C4)C2)C3)cc1. The third kappa shape index (κ3) is 3.37. The molecule has 0 aromatic heterocycles. The van der Waals surface area contributed by atoms with Gasteiger partial charge in [-0.2, -0.15) is 0 Å². The summed E-state index contributed by atoms with van der Waals surface area (Å²) in [6, 6.07) is 7.44. The predicted molar refractivity (Wildman–Crippen MR) is 100 cm³/mol. The molecule has 0 saturated heterocycles. The molecule has 2 amide bonds. The van der Waals surface area contributed by atoms with E-state index in [4.69, 9.17) is 5.73 Å². The van der Waals surface area contributed by atoms with Crippen LogP contribution in [0, 0.1) is 23.2 Å². The standard InChI is InChI=1S/C21H29N3O2/c22-5-6-23-19(25)18-3-1-14(2-4-18)13-24-20(26)21-10-15-7-16(11-21)9-17(8-15)12-21/h1-4,15-17H,5-13,22H2,(H,23,25)(H,24,26). The Kier molecular flexibility index (Phi) is 4.74. The first-order valence-corrected chi connectivity index (χ1v) is 9.93.